The van der Waals surface area contributed by atoms with Crippen LogP contribution in [-0.2, 0) is 17.5 Å². The van der Waals surface area contributed by atoms with Gasteiger partial charge in [-0.05, 0) is 42.7 Å². The molecule has 0 spiro atoms. The number of hydrogen-bond acceptors (Lipinski definition) is 8. The number of ether oxygens (including phenoxy) is 1. The maximum Gasteiger partial charge on any atom is 0.416 e. The number of urea groups is 1. The van der Waals surface area contributed by atoms with Crippen molar-refractivity contribution in [3.05, 3.63) is 66.4 Å². The smallest absolute Gasteiger partial charge is 0.383 e. The molecule has 2 fully saturated rings. The maximum absolute atomic E-state index is 14.2. The molecule has 7 rings (SSSR count). The Hall–Kier alpha value is -4.73. The molecule has 1 aliphatic heterocycles. The van der Waals surface area contributed by atoms with Gasteiger partial charge < -0.3 is 25.7 Å². The van der Waals surface area contributed by atoms with Crippen LogP contribution in [0.4, 0.5) is 35.2 Å². The molecule has 1 aliphatic carbocycles. The predicted molar refractivity (Wildman–Crippen MR) is 172 cm³/mol. The number of anilines is 3. The average Bonchev–Trinajstić information content (AvgIpc) is 3.62. The van der Waals surface area contributed by atoms with E-state index >= 15 is 0 Å². The van der Waals surface area contributed by atoms with Crippen LogP contribution in [-0.4, -0.2) is 86.2 Å². The molecule has 1 aromatic carbocycles. The monoisotopic (exact) mass is 648 g/mol. The van der Waals surface area contributed by atoms with Crippen molar-refractivity contribution in [2.24, 2.45) is 0 Å². The van der Waals surface area contributed by atoms with Crippen LogP contribution >= 0.6 is 0 Å². The minimum atomic E-state index is -4.58. The van der Waals surface area contributed by atoms with E-state index < -0.39 is 17.8 Å². The Bertz CT molecular complexity index is 1930. The molecule has 2 amide bonds. The number of piperazine rings is 1. The summed E-state index contributed by atoms with van der Waals surface area (Å²) in [5.74, 6) is 0.365. The van der Waals surface area contributed by atoms with E-state index in [4.69, 9.17) is 10.5 Å². The fourth-order valence-electron chi connectivity index (χ4n) is 6.24. The van der Waals surface area contributed by atoms with E-state index in [9.17, 15) is 18.0 Å². The lowest BCUT2D eigenvalue weighted by atomic mass is 10.0. The molecule has 1 saturated heterocycles. The summed E-state index contributed by atoms with van der Waals surface area (Å²) >= 11 is 0. The number of nitrogens with two attached hydrogens (primary N) is 1. The molecule has 47 heavy (non-hydrogen) atoms. The van der Waals surface area contributed by atoms with Crippen molar-refractivity contribution in [2.45, 2.75) is 31.6 Å². The summed E-state index contributed by atoms with van der Waals surface area (Å²) in [7, 11) is 1.65. The lowest BCUT2D eigenvalue weighted by molar-refractivity contribution is -0.138. The second-order valence-corrected chi connectivity index (χ2v) is 12.0. The molecule has 4 aromatic heterocycles. The Balaban J connectivity index is 1.08. The van der Waals surface area contributed by atoms with Crippen molar-refractivity contribution < 1.29 is 22.7 Å². The zero-order valence-corrected chi connectivity index (χ0v) is 25.8. The number of alkyl halides is 3. The Labute approximate surface area is 268 Å². The molecule has 4 N–H and O–H groups in total. The Morgan fingerprint density at radius 2 is 1.81 bits per heavy atom. The first-order valence-electron chi connectivity index (χ1n) is 15.5. The van der Waals surface area contributed by atoms with E-state index in [1.54, 1.807) is 25.6 Å². The van der Waals surface area contributed by atoms with Crippen LogP contribution in [0, 0.1) is 0 Å². The molecule has 0 unspecified atom stereocenters. The van der Waals surface area contributed by atoms with Crippen LogP contribution in [0.15, 0.2) is 55.2 Å². The predicted octanol–water partition coefficient (Wildman–Crippen LogP) is 5.09. The number of pyridine rings is 1. The van der Waals surface area contributed by atoms with Crippen LogP contribution in [0.1, 0.15) is 30.0 Å². The van der Waals surface area contributed by atoms with Gasteiger partial charge in [0.1, 0.15) is 17.8 Å². The Morgan fingerprint density at radius 1 is 1.02 bits per heavy atom. The number of carbonyl (C=O) groups excluding carboxylic acids is 1. The van der Waals surface area contributed by atoms with Gasteiger partial charge in [0.05, 0.1) is 28.9 Å². The molecule has 2 aliphatic rings. The Morgan fingerprint density at radius 3 is 2.55 bits per heavy atom. The van der Waals surface area contributed by atoms with Gasteiger partial charge in [0.2, 0.25) is 0 Å². The molecule has 246 valence electrons. The van der Waals surface area contributed by atoms with Gasteiger partial charge >= 0.3 is 12.2 Å². The van der Waals surface area contributed by atoms with Crippen molar-refractivity contribution in [1.82, 2.24) is 33.7 Å². The molecule has 5 heterocycles. The van der Waals surface area contributed by atoms with Gasteiger partial charge in [-0.3, -0.25) is 14.2 Å². The number of halogens is 3. The molecule has 0 radical (unpaired) electrons. The number of imidazole rings is 1. The molecule has 5 aromatic rings. The molecular formula is C32H35F3N10O2. The third-order valence-corrected chi connectivity index (χ3v) is 8.80. The number of fused-ring (bicyclic) bond motifs is 2. The van der Waals surface area contributed by atoms with Crippen LogP contribution in [0.2, 0.25) is 0 Å². The number of rotatable bonds is 9. The first-order chi connectivity index (χ1) is 22.7. The SMILES string of the molecule is COCCN1CCN(Cc2ccc(NC(=O)Nc3ccc(-c4cn(C5CC5)c5ncnc(N)c45)n4ccnc34)cc2C(F)(F)F)CC1. The maximum atomic E-state index is 14.2. The third-order valence-electron chi connectivity index (χ3n) is 8.80. The van der Waals surface area contributed by atoms with Crippen molar-refractivity contribution in [3.63, 3.8) is 0 Å². The van der Waals surface area contributed by atoms with Gasteiger partial charge in [0.25, 0.3) is 0 Å². The minimum Gasteiger partial charge on any atom is -0.383 e. The minimum absolute atomic E-state index is 0.0299. The fourth-order valence-corrected chi connectivity index (χ4v) is 6.24. The summed E-state index contributed by atoms with van der Waals surface area (Å²) in [6.07, 6.45) is 4.39. The summed E-state index contributed by atoms with van der Waals surface area (Å²) in [4.78, 5) is 30.5. The van der Waals surface area contributed by atoms with Gasteiger partial charge in [0, 0.05) is 82.3 Å². The molecule has 15 heteroatoms. The van der Waals surface area contributed by atoms with Gasteiger partial charge in [-0.15, -0.1) is 0 Å². The van der Waals surface area contributed by atoms with E-state index in [1.807, 2.05) is 21.6 Å². The lowest BCUT2D eigenvalue weighted by Crippen LogP contribution is -2.46. The number of nitrogens with one attached hydrogen (secondary N) is 2. The number of benzene rings is 1. The topological polar surface area (TPSA) is 131 Å². The van der Waals surface area contributed by atoms with Gasteiger partial charge in [-0.2, -0.15) is 13.2 Å². The van der Waals surface area contributed by atoms with Gasteiger partial charge in [0.15, 0.2) is 5.65 Å². The number of nitrogen functional groups attached to an aromatic ring is 1. The highest BCUT2D eigenvalue weighted by Gasteiger charge is 2.34. The highest BCUT2D eigenvalue weighted by molar-refractivity contribution is 6.03. The lowest BCUT2D eigenvalue weighted by Gasteiger charge is -2.35. The molecule has 12 nitrogen and oxygen atoms in total. The van der Waals surface area contributed by atoms with E-state index in [2.05, 4.69) is 35.1 Å². The molecule has 0 atom stereocenters. The van der Waals surface area contributed by atoms with Crippen molar-refractivity contribution >= 4 is 39.9 Å². The van der Waals surface area contributed by atoms with Gasteiger partial charge in [-0.1, -0.05) is 6.07 Å². The van der Waals surface area contributed by atoms with Crippen molar-refractivity contribution in [3.8, 4) is 11.3 Å². The van der Waals surface area contributed by atoms with Gasteiger partial charge in [-0.25, -0.2) is 19.7 Å². The molecule has 0 bridgehead atoms. The number of aromatic nitrogens is 5. The number of methoxy groups -OCH3 is 1. The largest absolute Gasteiger partial charge is 0.416 e. The van der Waals surface area contributed by atoms with Crippen LogP contribution < -0.4 is 16.4 Å². The summed E-state index contributed by atoms with van der Waals surface area (Å²) in [5, 5.41) is 6.04. The van der Waals surface area contributed by atoms with Crippen molar-refractivity contribution in [2.75, 3.05) is 62.8 Å². The van der Waals surface area contributed by atoms with Crippen LogP contribution in [0.25, 0.3) is 27.9 Å². The summed E-state index contributed by atoms with van der Waals surface area (Å²) in [6, 6.07) is 7.12. The second kappa shape index (κ2) is 12.5. The molecular weight excluding hydrogens is 613 g/mol. The zero-order chi connectivity index (χ0) is 32.7. The van der Waals surface area contributed by atoms with E-state index in [0.717, 1.165) is 60.8 Å². The van der Waals surface area contributed by atoms with E-state index in [-0.39, 0.29) is 17.8 Å². The zero-order valence-electron chi connectivity index (χ0n) is 25.8. The summed E-state index contributed by atoms with van der Waals surface area (Å²) in [6.45, 7) is 4.44. The summed E-state index contributed by atoms with van der Waals surface area (Å²) < 4.78 is 51.5. The Kier molecular flexibility index (Phi) is 8.20. The molecule has 1 saturated carbocycles. The third kappa shape index (κ3) is 6.33. The average molecular weight is 649 g/mol. The number of nitrogens with zero attached hydrogens (tertiary/aromatic N) is 7. The first kappa shape index (κ1) is 30.9. The number of carbonyl (C=O) groups is 1. The second-order valence-electron chi connectivity index (χ2n) is 12.0. The van der Waals surface area contributed by atoms with E-state index in [0.29, 0.717) is 42.9 Å². The summed E-state index contributed by atoms with van der Waals surface area (Å²) in [5.41, 5.74) is 8.91. The number of amides is 2. The van der Waals surface area contributed by atoms with Crippen molar-refractivity contribution in [1.29, 1.82) is 0 Å². The fraction of sp³-hybridized carbons (Fsp3) is 0.375. The quantitative estimate of drug-likeness (QED) is 0.202. The highest BCUT2D eigenvalue weighted by Crippen LogP contribution is 2.42. The van der Waals surface area contributed by atoms with Crippen LogP contribution in [0.3, 0.4) is 0 Å². The first-order valence-corrected chi connectivity index (χ1v) is 15.5. The highest BCUT2D eigenvalue weighted by atomic mass is 19.4. The number of hydrogen-bond donors (Lipinski definition) is 3. The standard InChI is InChI=1S/C32H35F3N10O2/c1-47-15-14-42-10-12-43(13-11-42)17-20-2-3-21(16-24(20)32(33,34)35)40-31(46)41-25-6-7-26(44-9-8-37-29(25)44)23-18-45(22-4-5-22)30-27(23)28(36)38-19-39-30/h2-3,6-9,16,18-19,22H,4-5,10-15,17H2,1H3,(H2,36,38,39)(H2,40,41,46). The van der Waals surface area contributed by atoms with E-state index in [1.165, 1.54) is 18.5 Å². The van der Waals surface area contributed by atoms with Crippen LogP contribution in [0.5, 0.6) is 0 Å². The normalized spacial score (nSPS) is 16.3.